The third kappa shape index (κ3) is 12.1. The SMILES string of the molecule is CC(=O)SCc1ccc(OCCN(C[C@@H](O)[C@@H](O)[C@H](O)[C@H](O)CO)C[C@@H](O)[C@@H](O)[C@H](O)[C@H](O)CO)cc1CS. The van der Waals surface area contributed by atoms with E-state index in [1.165, 1.54) is 11.8 Å². The smallest absolute Gasteiger partial charge is 0.186 e. The molecule has 1 aromatic carbocycles. The van der Waals surface area contributed by atoms with E-state index in [-0.39, 0.29) is 18.3 Å². The molecule has 10 N–H and O–H groups in total. The largest absolute Gasteiger partial charge is 0.492 e. The number of aliphatic hydroxyl groups excluding tert-OH is 10. The van der Waals surface area contributed by atoms with Crippen LogP contribution in [0.15, 0.2) is 18.2 Å². The van der Waals surface area contributed by atoms with Crippen LogP contribution in [-0.4, -0.2) is 149 Å². The summed E-state index contributed by atoms with van der Waals surface area (Å²) in [7, 11) is 0. The number of carbonyl (C=O) groups is 1. The Morgan fingerprint density at radius 3 is 1.77 bits per heavy atom. The lowest BCUT2D eigenvalue weighted by atomic mass is 10.0. The van der Waals surface area contributed by atoms with Crippen molar-refractivity contribution in [2.45, 2.75) is 67.3 Å². The lowest BCUT2D eigenvalue weighted by molar-refractivity contribution is -0.130. The predicted octanol–water partition coefficient (Wildman–Crippen LogP) is -3.55. The van der Waals surface area contributed by atoms with Crippen LogP contribution in [0.5, 0.6) is 5.75 Å². The summed E-state index contributed by atoms with van der Waals surface area (Å²) < 4.78 is 5.77. The molecular weight excluding hydrogens is 558 g/mol. The summed E-state index contributed by atoms with van der Waals surface area (Å²) in [6.45, 7) is -1.05. The second-order valence-corrected chi connectivity index (χ2v) is 10.5. The monoisotopic (exact) mass is 599 g/mol. The van der Waals surface area contributed by atoms with E-state index in [1.54, 1.807) is 18.2 Å². The molecular formula is C24H41NO12S2. The average molecular weight is 600 g/mol. The number of nitrogens with zero attached hydrogens (tertiary/aromatic N) is 1. The highest BCUT2D eigenvalue weighted by Gasteiger charge is 2.34. The zero-order valence-corrected chi connectivity index (χ0v) is 23.3. The minimum absolute atomic E-state index is 0.00298. The summed E-state index contributed by atoms with van der Waals surface area (Å²) in [5.41, 5.74) is 1.77. The molecule has 0 spiro atoms. The molecule has 0 heterocycles. The molecule has 0 unspecified atom stereocenters. The average Bonchev–Trinajstić information content (AvgIpc) is 2.93. The third-order valence-corrected chi connectivity index (χ3v) is 7.20. The van der Waals surface area contributed by atoms with Gasteiger partial charge in [-0.1, -0.05) is 17.8 Å². The standard InChI is InChI=1S/C24H41NO12S2/c1-13(28)39-12-14-2-3-16(6-15(14)11-38)37-5-4-25(7-17(29)21(33)23(35)19(31)9-26)8-18(30)22(34)24(36)20(32)10-27/h2-3,6,17-24,26-27,29-36,38H,4-5,7-12H2,1H3/t17-,18-,19-,20-,21-,22-,23-,24-/m1/s1. The number of ether oxygens (including phenoxy) is 1. The van der Waals surface area contributed by atoms with Crippen molar-refractivity contribution in [3.8, 4) is 5.75 Å². The first-order valence-corrected chi connectivity index (χ1v) is 13.8. The molecule has 0 fully saturated rings. The van der Waals surface area contributed by atoms with E-state index in [0.29, 0.717) is 17.3 Å². The number of aliphatic hydroxyl groups is 10. The Morgan fingerprint density at radius 1 is 0.846 bits per heavy atom. The summed E-state index contributed by atoms with van der Waals surface area (Å²) in [5, 5.41) is 98.0. The molecule has 8 atom stereocenters. The quantitative estimate of drug-likeness (QED) is 0.0692. The molecule has 0 amide bonds. The number of benzene rings is 1. The summed E-state index contributed by atoms with van der Waals surface area (Å²) in [6.07, 6.45) is -14.3. The van der Waals surface area contributed by atoms with E-state index < -0.39 is 75.1 Å². The molecule has 15 heteroatoms. The maximum Gasteiger partial charge on any atom is 0.186 e. The summed E-state index contributed by atoms with van der Waals surface area (Å²) >= 11 is 5.48. The molecule has 226 valence electrons. The predicted molar refractivity (Wildman–Crippen MR) is 145 cm³/mol. The maximum absolute atomic E-state index is 11.3. The van der Waals surface area contributed by atoms with Gasteiger partial charge in [0.15, 0.2) is 5.12 Å². The van der Waals surface area contributed by atoms with Gasteiger partial charge in [-0.3, -0.25) is 9.69 Å². The number of rotatable bonds is 19. The molecule has 13 nitrogen and oxygen atoms in total. The van der Waals surface area contributed by atoms with Gasteiger partial charge < -0.3 is 55.8 Å². The summed E-state index contributed by atoms with van der Waals surface area (Å²) in [6, 6.07) is 5.25. The van der Waals surface area contributed by atoms with Gasteiger partial charge in [0, 0.05) is 38.1 Å². The minimum atomic E-state index is -1.88. The Hall–Kier alpha value is -1.05. The normalized spacial score (nSPS) is 18.2. The van der Waals surface area contributed by atoms with Crippen molar-refractivity contribution in [2.75, 3.05) is 39.5 Å². The van der Waals surface area contributed by atoms with Crippen LogP contribution in [0.3, 0.4) is 0 Å². The van der Waals surface area contributed by atoms with Gasteiger partial charge in [0.05, 0.1) is 25.4 Å². The van der Waals surface area contributed by atoms with Gasteiger partial charge >= 0.3 is 0 Å². The first kappa shape index (κ1) is 36.0. The zero-order valence-electron chi connectivity index (χ0n) is 21.6. The van der Waals surface area contributed by atoms with Crippen LogP contribution >= 0.6 is 24.4 Å². The van der Waals surface area contributed by atoms with Gasteiger partial charge in [0.2, 0.25) is 0 Å². The molecule has 0 saturated carbocycles. The second-order valence-electron chi connectivity index (χ2n) is 9.07. The van der Waals surface area contributed by atoms with Gasteiger partial charge in [0.25, 0.3) is 0 Å². The van der Waals surface area contributed by atoms with E-state index in [0.717, 1.165) is 22.9 Å². The molecule has 1 rings (SSSR count). The van der Waals surface area contributed by atoms with E-state index >= 15 is 0 Å². The molecule has 0 aromatic heterocycles. The maximum atomic E-state index is 11.3. The second kappa shape index (κ2) is 18.4. The molecule has 0 aliphatic rings. The van der Waals surface area contributed by atoms with Crippen LogP contribution in [0.1, 0.15) is 18.1 Å². The van der Waals surface area contributed by atoms with Crippen molar-refractivity contribution in [3.05, 3.63) is 29.3 Å². The first-order chi connectivity index (χ1) is 18.4. The topological polar surface area (TPSA) is 232 Å². The molecule has 0 aliphatic heterocycles. The number of hydrogen-bond donors (Lipinski definition) is 11. The van der Waals surface area contributed by atoms with E-state index in [1.807, 2.05) is 0 Å². The fourth-order valence-electron chi connectivity index (χ4n) is 3.58. The van der Waals surface area contributed by atoms with Crippen LogP contribution in [0.2, 0.25) is 0 Å². The Bertz CT molecular complexity index is 823. The molecule has 1 aromatic rings. The van der Waals surface area contributed by atoms with Crippen molar-refractivity contribution in [1.82, 2.24) is 4.90 Å². The van der Waals surface area contributed by atoms with Crippen LogP contribution in [0, 0.1) is 0 Å². The molecule has 0 saturated heterocycles. The van der Waals surface area contributed by atoms with Gasteiger partial charge in [-0.05, 0) is 23.3 Å². The number of hydrogen-bond acceptors (Lipinski definition) is 15. The van der Waals surface area contributed by atoms with Crippen molar-refractivity contribution >= 4 is 29.5 Å². The molecule has 39 heavy (non-hydrogen) atoms. The van der Waals surface area contributed by atoms with E-state index in [9.17, 15) is 45.6 Å². The fourth-order valence-corrected chi connectivity index (χ4v) is 4.52. The number of carbonyl (C=O) groups excluding carboxylic acids is 1. The van der Waals surface area contributed by atoms with E-state index in [2.05, 4.69) is 12.6 Å². The molecule has 0 bridgehead atoms. The Morgan fingerprint density at radius 2 is 1.33 bits per heavy atom. The fraction of sp³-hybridized carbons (Fsp3) is 0.708. The highest BCUT2D eigenvalue weighted by molar-refractivity contribution is 8.12. The first-order valence-electron chi connectivity index (χ1n) is 12.2. The molecule has 0 aliphatic carbocycles. The van der Waals surface area contributed by atoms with Gasteiger partial charge in [-0.15, -0.1) is 0 Å². The summed E-state index contributed by atoms with van der Waals surface area (Å²) in [4.78, 5) is 12.6. The highest BCUT2D eigenvalue weighted by atomic mass is 32.2. The van der Waals surface area contributed by atoms with Crippen LogP contribution in [-0.2, 0) is 16.3 Å². The van der Waals surface area contributed by atoms with Crippen molar-refractivity contribution < 1.29 is 60.6 Å². The Kier molecular flexibility index (Phi) is 17.0. The highest BCUT2D eigenvalue weighted by Crippen LogP contribution is 2.24. The Labute approximate surface area is 236 Å². The van der Waals surface area contributed by atoms with Gasteiger partial charge in [-0.25, -0.2) is 0 Å². The van der Waals surface area contributed by atoms with Crippen LogP contribution in [0.25, 0.3) is 0 Å². The number of thiol groups is 1. The molecule has 0 radical (unpaired) electrons. The van der Waals surface area contributed by atoms with Crippen molar-refractivity contribution in [3.63, 3.8) is 0 Å². The van der Waals surface area contributed by atoms with Crippen LogP contribution in [0.4, 0.5) is 0 Å². The zero-order chi connectivity index (χ0) is 29.7. The van der Waals surface area contributed by atoms with Crippen molar-refractivity contribution in [2.24, 2.45) is 0 Å². The number of thioether (sulfide) groups is 1. The lowest BCUT2D eigenvalue weighted by Gasteiger charge is -2.33. The van der Waals surface area contributed by atoms with E-state index in [4.69, 9.17) is 14.9 Å². The lowest BCUT2D eigenvalue weighted by Crippen LogP contribution is -2.53. The van der Waals surface area contributed by atoms with Gasteiger partial charge in [0.1, 0.15) is 49.0 Å². The summed E-state index contributed by atoms with van der Waals surface area (Å²) in [5.74, 6) is 1.35. The van der Waals surface area contributed by atoms with Gasteiger partial charge in [-0.2, -0.15) is 12.6 Å². The Balaban J connectivity index is 2.94. The minimum Gasteiger partial charge on any atom is -0.492 e. The third-order valence-electron chi connectivity index (χ3n) is 6.00. The van der Waals surface area contributed by atoms with Crippen LogP contribution < -0.4 is 4.74 Å². The van der Waals surface area contributed by atoms with Crippen molar-refractivity contribution in [1.29, 1.82) is 0 Å².